The fourth-order valence-corrected chi connectivity index (χ4v) is 2.83. The van der Waals surface area contributed by atoms with Crippen LogP contribution in [0, 0.1) is 11.8 Å². The second kappa shape index (κ2) is 4.93. The number of rotatable bonds is 3. The molecule has 1 saturated heterocycles. The summed E-state index contributed by atoms with van der Waals surface area (Å²) in [7, 11) is 1.46. The average molecular weight is 240 g/mol. The van der Waals surface area contributed by atoms with Crippen molar-refractivity contribution >= 4 is 17.3 Å². The first-order valence-corrected chi connectivity index (χ1v) is 6.26. The van der Waals surface area contributed by atoms with Gasteiger partial charge in [0.25, 0.3) is 0 Å². The maximum atomic E-state index is 11.5. The van der Waals surface area contributed by atoms with Crippen LogP contribution in [0.1, 0.15) is 11.8 Å². The van der Waals surface area contributed by atoms with Crippen molar-refractivity contribution in [2.75, 3.05) is 20.2 Å². The number of likely N-dealkylation sites (tertiary alicyclic amines) is 1. The molecule has 0 aromatic carbocycles. The number of carbonyl (C=O) groups excluding carboxylic acids is 1. The fraction of sp³-hybridized carbons (Fsp3) is 0.636. The van der Waals surface area contributed by atoms with Gasteiger partial charge in [0, 0.05) is 30.7 Å². The molecular formula is C11H16N2O2S. The van der Waals surface area contributed by atoms with Crippen LogP contribution in [0.5, 0.6) is 0 Å². The van der Waals surface area contributed by atoms with Crippen molar-refractivity contribution in [3.8, 4) is 0 Å². The van der Waals surface area contributed by atoms with E-state index in [1.54, 1.807) is 11.3 Å². The molecule has 2 heterocycles. The van der Waals surface area contributed by atoms with Gasteiger partial charge in [-0.25, -0.2) is 0 Å². The predicted octanol–water partition coefficient (Wildman–Crippen LogP) is 1.38. The molecule has 0 radical (unpaired) electrons. The maximum Gasteiger partial charge on any atom is 0.310 e. The first-order valence-electron chi connectivity index (χ1n) is 5.38. The molecular weight excluding hydrogens is 224 g/mol. The summed E-state index contributed by atoms with van der Waals surface area (Å²) in [6.07, 6.45) is 1.89. The third kappa shape index (κ3) is 2.41. The van der Waals surface area contributed by atoms with Crippen LogP contribution in [0.3, 0.4) is 0 Å². The Labute approximate surface area is 99.2 Å². The number of carbonyl (C=O) groups is 1. The largest absolute Gasteiger partial charge is 0.469 e. The lowest BCUT2D eigenvalue weighted by Crippen LogP contribution is -2.24. The molecule has 16 heavy (non-hydrogen) atoms. The van der Waals surface area contributed by atoms with Crippen molar-refractivity contribution in [1.82, 2.24) is 9.88 Å². The molecule has 0 aliphatic carbocycles. The highest BCUT2D eigenvalue weighted by Gasteiger charge is 2.35. The lowest BCUT2D eigenvalue weighted by Gasteiger charge is -2.13. The summed E-state index contributed by atoms with van der Waals surface area (Å²) in [6.45, 7) is 4.75. The first kappa shape index (κ1) is 11.5. The number of hydrogen-bond acceptors (Lipinski definition) is 5. The van der Waals surface area contributed by atoms with Crippen LogP contribution < -0.4 is 0 Å². The molecule has 1 aliphatic rings. The zero-order valence-corrected chi connectivity index (χ0v) is 10.4. The number of ether oxygens (including phenoxy) is 1. The number of hydrogen-bond donors (Lipinski definition) is 0. The van der Waals surface area contributed by atoms with Crippen molar-refractivity contribution in [3.63, 3.8) is 0 Å². The Morgan fingerprint density at radius 2 is 2.50 bits per heavy atom. The van der Waals surface area contributed by atoms with Gasteiger partial charge in [0.1, 0.15) is 0 Å². The van der Waals surface area contributed by atoms with E-state index in [0.717, 1.165) is 19.6 Å². The Morgan fingerprint density at radius 3 is 3.12 bits per heavy atom. The van der Waals surface area contributed by atoms with Gasteiger partial charge in [0.15, 0.2) is 0 Å². The molecule has 0 spiro atoms. The van der Waals surface area contributed by atoms with E-state index in [1.165, 1.54) is 12.0 Å². The molecule has 1 aromatic rings. The van der Waals surface area contributed by atoms with E-state index >= 15 is 0 Å². The molecule has 0 amide bonds. The molecule has 88 valence electrons. The summed E-state index contributed by atoms with van der Waals surface area (Å²) in [5, 5.41) is 0. The van der Waals surface area contributed by atoms with E-state index < -0.39 is 0 Å². The van der Waals surface area contributed by atoms with E-state index in [9.17, 15) is 4.79 Å². The Hall–Kier alpha value is -0.940. The van der Waals surface area contributed by atoms with Crippen LogP contribution in [-0.4, -0.2) is 36.1 Å². The first-order chi connectivity index (χ1) is 7.70. The molecule has 1 aliphatic heterocycles. The van der Waals surface area contributed by atoms with Gasteiger partial charge in [0.05, 0.1) is 18.5 Å². The minimum atomic E-state index is -0.0840. The second-order valence-corrected chi connectivity index (χ2v) is 5.24. The smallest absolute Gasteiger partial charge is 0.310 e. The number of esters is 1. The maximum absolute atomic E-state index is 11.5. The minimum absolute atomic E-state index is 0.0259. The Kier molecular flexibility index (Phi) is 3.56. The number of nitrogens with zero attached hydrogens (tertiary/aromatic N) is 2. The van der Waals surface area contributed by atoms with Gasteiger partial charge in [-0.1, -0.05) is 6.92 Å². The molecule has 0 N–H and O–H groups in total. The molecule has 1 fully saturated rings. The summed E-state index contributed by atoms with van der Waals surface area (Å²) in [6, 6.07) is 0. The van der Waals surface area contributed by atoms with Crippen molar-refractivity contribution in [1.29, 1.82) is 0 Å². The van der Waals surface area contributed by atoms with Gasteiger partial charge in [-0.2, -0.15) is 0 Å². The average Bonchev–Trinajstić information content (AvgIpc) is 2.88. The SMILES string of the molecule is COC(=O)C1CN(Cc2cncs2)CC1C. The van der Waals surface area contributed by atoms with E-state index in [2.05, 4.69) is 16.8 Å². The van der Waals surface area contributed by atoms with E-state index in [0.29, 0.717) is 5.92 Å². The highest BCUT2D eigenvalue weighted by molar-refractivity contribution is 7.09. The summed E-state index contributed by atoms with van der Waals surface area (Å²) in [5.41, 5.74) is 1.84. The molecule has 5 heteroatoms. The Bertz CT molecular complexity index is 353. The van der Waals surface area contributed by atoms with E-state index in [4.69, 9.17) is 4.74 Å². The molecule has 1 aromatic heterocycles. The number of aromatic nitrogens is 1. The van der Waals surface area contributed by atoms with Gasteiger partial charge in [-0.15, -0.1) is 11.3 Å². The zero-order chi connectivity index (χ0) is 11.5. The summed E-state index contributed by atoms with van der Waals surface area (Å²) >= 11 is 1.66. The van der Waals surface area contributed by atoms with Gasteiger partial charge < -0.3 is 4.74 Å². The topological polar surface area (TPSA) is 42.4 Å². The minimum Gasteiger partial charge on any atom is -0.469 e. The lowest BCUT2D eigenvalue weighted by atomic mass is 9.99. The summed E-state index contributed by atoms with van der Waals surface area (Å²) in [4.78, 5) is 19.1. The van der Waals surface area contributed by atoms with Crippen molar-refractivity contribution < 1.29 is 9.53 Å². The number of thiazole rings is 1. The standard InChI is InChI=1S/C11H16N2O2S/c1-8-4-13(5-9-3-12-7-16-9)6-10(8)11(14)15-2/h3,7-8,10H,4-6H2,1-2H3. The van der Waals surface area contributed by atoms with Crippen LogP contribution in [0.15, 0.2) is 11.7 Å². The van der Waals surface area contributed by atoms with Gasteiger partial charge in [-0.05, 0) is 5.92 Å². The summed E-state index contributed by atoms with van der Waals surface area (Å²) < 4.78 is 4.81. The van der Waals surface area contributed by atoms with Crippen LogP contribution in [0.4, 0.5) is 0 Å². The molecule has 4 nitrogen and oxygen atoms in total. The number of methoxy groups -OCH3 is 1. The Balaban J connectivity index is 1.93. The molecule has 2 atom stereocenters. The van der Waals surface area contributed by atoms with Crippen molar-refractivity contribution in [3.05, 3.63) is 16.6 Å². The van der Waals surface area contributed by atoms with Crippen LogP contribution >= 0.6 is 11.3 Å². The molecule has 2 rings (SSSR count). The molecule has 2 unspecified atom stereocenters. The summed E-state index contributed by atoms with van der Waals surface area (Å²) in [5.74, 6) is 0.317. The fourth-order valence-electron chi connectivity index (χ4n) is 2.20. The second-order valence-electron chi connectivity index (χ2n) is 4.27. The van der Waals surface area contributed by atoms with Crippen LogP contribution in [0.2, 0.25) is 0 Å². The lowest BCUT2D eigenvalue weighted by molar-refractivity contribution is -0.146. The zero-order valence-electron chi connectivity index (χ0n) is 9.55. The van der Waals surface area contributed by atoms with Gasteiger partial charge in [0.2, 0.25) is 0 Å². The highest BCUT2D eigenvalue weighted by atomic mass is 32.1. The Morgan fingerprint density at radius 1 is 1.69 bits per heavy atom. The van der Waals surface area contributed by atoms with Crippen LogP contribution in [-0.2, 0) is 16.1 Å². The van der Waals surface area contributed by atoms with Crippen molar-refractivity contribution in [2.24, 2.45) is 11.8 Å². The van der Waals surface area contributed by atoms with Crippen molar-refractivity contribution in [2.45, 2.75) is 13.5 Å². The van der Waals surface area contributed by atoms with Gasteiger partial charge in [-0.3, -0.25) is 14.7 Å². The molecule has 0 bridgehead atoms. The predicted molar refractivity (Wildman–Crippen MR) is 62.1 cm³/mol. The van der Waals surface area contributed by atoms with Crippen LogP contribution in [0.25, 0.3) is 0 Å². The normalized spacial score (nSPS) is 25.9. The van der Waals surface area contributed by atoms with E-state index in [-0.39, 0.29) is 11.9 Å². The van der Waals surface area contributed by atoms with E-state index in [1.807, 2.05) is 11.7 Å². The van der Waals surface area contributed by atoms with Gasteiger partial charge >= 0.3 is 5.97 Å². The third-order valence-corrected chi connectivity index (χ3v) is 3.82. The third-order valence-electron chi connectivity index (χ3n) is 3.05. The monoisotopic (exact) mass is 240 g/mol. The molecule has 0 saturated carbocycles. The highest BCUT2D eigenvalue weighted by Crippen LogP contribution is 2.25. The quantitative estimate of drug-likeness (QED) is 0.749.